The van der Waals surface area contributed by atoms with Crippen molar-refractivity contribution in [2.75, 3.05) is 0 Å². The van der Waals surface area contributed by atoms with Crippen LogP contribution in [0.15, 0.2) is 12.4 Å². The van der Waals surface area contributed by atoms with Gasteiger partial charge in [0, 0.05) is 12.7 Å². The smallest absolute Gasteiger partial charge is 0.234 e. The molecule has 0 aliphatic heterocycles. The van der Waals surface area contributed by atoms with Crippen molar-refractivity contribution >= 4 is 5.91 Å². The molecule has 1 unspecified atom stereocenters. The quantitative estimate of drug-likeness (QED) is 0.728. The second kappa shape index (κ2) is 4.93. The highest BCUT2D eigenvalue weighted by Gasteiger charge is 2.09. The molecule has 84 valence electrons. The molecule has 1 amide bonds. The molecule has 0 spiro atoms. The fourth-order valence-corrected chi connectivity index (χ4v) is 1.21. The lowest BCUT2D eigenvalue weighted by molar-refractivity contribution is -0.119. The molecule has 1 atom stereocenters. The first kappa shape index (κ1) is 11.7. The Morgan fingerprint density at radius 2 is 2.27 bits per heavy atom. The maximum Gasteiger partial charge on any atom is 0.234 e. The molecule has 0 aliphatic carbocycles. The van der Waals surface area contributed by atoms with E-state index in [1.807, 2.05) is 12.4 Å². The zero-order valence-corrected chi connectivity index (χ0v) is 9.18. The summed E-state index contributed by atoms with van der Waals surface area (Å²) in [6.07, 6.45) is 4.33. The van der Waals surface area contributed by atoms with Gasteiger partial charge in [0.15, 0.2) is 0 Å². The number of primary amides is 1. The molecule has 1 aromatic rings. The molecule has 1 rings (SSSR count). The number of hydrogen-bond donors (Lipinski definition) is 2. The molecule has 1 heterocycles. The Morgan fingerprint density at radius 3 is 2.73 bits per heavy atom. The lowest BCUT2D eigenvalue weighted by Gasteiger charge is -2.06. The van der Waals surface area contributed by atoms with Crippen LogP contribution in [0.1, 0.15) is 31.7 Å². The molecule has 5 heteroatoms. The lowest BCUT2D eigenvalue weighted by Crippen LogP contribution is -2.37. The zero-order valence-electron chi connectivity index (χ0n) is 9.18. The van der Waals surface area contributed by atoms with Gasteiger partial charge in [-0.1, -0.05) is 13.8 Å². The van der Waals surface area contributed by atoms with Gasteiger partial charge in [0.1, 0.15) is 0 Å². The molecule has 0 aromatic carbocycles. The minimum absolute atomic E-state index is 0.462. The highest BCUT2D eigenvalue weighted by molar-refractivity contribution is 5.79. The first-order valence-electron chi connectivity index (χ1n) is 5.08. The van der Waals surface area contributed by atoms with Crippen LogP contribution in [-0.4, -0.2) is 21.7 Å². The Labute approximate surface area is 89.4 Å². The predicted molar refractivity (Wildman–Crippen MR) is 58.1 cm³/mol. The average Bonchev–Trinajstić information content (AvgIpc) is 2.62. The topological polar surface area (TPSA) is 86.9 Å². The third-order valence-electron chi connectivity index (χ3n) is 2.35. The van der Waals surface area contributed by atoms with Gasteiger partial charge >= 0.3 is 0 Å². The van der Waals surface area contributed by atoms with Gasteiger partial charge in [-0.05, 0) is 17.9 Å². The molecule has 5 nitrogen and oxygen atoms in total. The summed E-state index contributed by atoms with van der Waals surface area (Å²) in [7, 11) is 0. The first-order valence-corrected chi connectivity index (χ1v) is 5.08. The molecule has 15 heavy (non-hydrogen) atoms. The largest absolute Gasteiger partial charge is 0.368 e. The summed E-state index contributed by atoms with van der Waals surface area (Å²) < 4.78 is 1.79. The Hall–Kier alpha value is -1.36. The third kappa shape index (κ3) is 3.36. The van der Waals surface area contributed by atoms with Gasteiger partial charge < -0.3 is 11.5 Å². The summed E-state index contributed by atoms with van der Waals surface area (Å²) >= 11 is 0. The van der Waals surface area contributed by atoms with E-state index < -0.39 is 11.9 Å². The number of aromatic nitrogens is 2. The third-order valence-corrected chi connectivity index (χ3v) is 2.35. The van der Waals surface area contributed by atoms with E-state index in [-0.39, 0.29) is 0 Å². The highest BCUT2D eigenvalue weighted by atomic mass is 16.1. The number of carbonyl (C=O) groups excluding carboxylic acids is 1. The number of nitrogens with zero attached hydrogens (tertiary/aromatic N) is 2. The summed E-state index contributed by atoms with van der Waals surface area (Å²) in [5, 5.41) is 4.18. The van der Waals surface area contributed by atoms with Gasteiger partial charge in [-0.2, -0.15) is 5.10 Å². The molecule has 0 saturated carbocycles. The zero-order chi connectivity index (χ0) is 11.4. The minimum Gasteiger partial charge on any atom is -0.368 e. The number of rotatable bonds is 5. The second-order valence-corrected chi connectivity index (χ2v) is 3.99. The van der Waals surface area contributed by atoms with E-state index in [0.29, 0.717) is 18.9 Å². The van der Waals surface area contributed by atoms with Gasteiger partial charge in [-0.25, -0.2) is 0 Å². The van der Waals surface area contributed by atoms with E-state index in [0.717, 1.165) is 0 Å². The fourth-order valence-electron chi connectivity index (χ4n) is 1.21. The normalized spacial score (nSPS) is 13.1. The maximum absolute atomic E-state index is 10.7. The minimum atomic E-state index is -0.586. The maximum atomic E-state index is 10.7. The van der Waals surface area contributed by atoms with Crippen LogP contribution in [0.3, 0.4) is 0 Å². The number of nitrogens with two attached hydrogens (primary N) is 2. The second-order valence-electron chi connectivity index (χ2n) is 3.99. The van der Waals surface area contributed by atoms with E-state index in [1.54, 1.807) is 4.68 Å². The number of hydrogen-bond acceptors (Lipinski definition) is 3. The van der Waals surface area contributed by atoms with Crippen molar-refractivity contribution in [2.24, 2.45) is 11.5 Å². The Morgan fingerprint density at radius 1 is 1.60 bits per heavy atom. The van der Waals surface area contributed by atoms with Crippen molar-refractivity contribution in [3.05, 3.63) is 18.0 Å². The molecule has 0 bridgehead atoms. The van der Waals surface area contributed by atoms with Crippen molar-refractivity contribution in [3.8, 4) is 0 Å². The molecule has 0 fully saturated rings. The Kier molecular flexibility index (Phi) is 3.85. The number of carbonyl (C=O) groups is 1. The van der Waals surface area contributed by atoms with Crippen LogP contribution in [-0.2, 0) is 11.3 Å². The fraction of sp³-hybridized carbons (Fsp3) is 0.600. The van der Waals surface area contributed by atoms with E-state index >= 15 is 0 Å². The summed E-state index contributed by atoms with van der Waals surface area (Å²) in [4.78, 5) is 10.7. The molecule has 0 radical (unpaired) electrons. The Bertz CT molecular complexity index is 332. The van der Waals surface area contributed by atoms with E-state index in [2.05, 4.69) is 18.9 Å². The van der Waals surface area contributed by atoms with Gasteiger partial charge in [-0.3, -0.25) is 9.48 Å². The standard InChI is InChI=1S/C10H18N4O/c1-7(2)8-5-13-14(6-8)4-3-9(11)10(12)15/h5-7,9H,3-4,11H2,1-2H3,(H2,12,15). The summed E-state index contributed by atoms with van der Waals surface area (Å²) in [5.41, 5.74) is 11.8. The van der Waals surface area contributed by atoms with Crippen LogP contribution in [0.25, 0.3) is 0 Å². The highest BCUT2D eigenvalue weighted by Crippen LogP contribution is 2.12. The summed E-state index contributed by atoms with van der Waals surface area (Å²) in [5.74, 6) is -0.00481. The van der Waals surface area contributed by atoms with Gasteiger partial charge in [0.05, 0.1) is 12.2 Å². The van der Waals surface area contributed by atoms with Gasteiger partial charge in [0.2, 0.25) is 5.91 Å². The molecule has 0 aliphatic rings. The predicted octanol–water partition coefficient (Wildman–Crippen LogP) is 0.209. The average molecular weight is 210 g/mol. The van der Waals surface area contributed by atoms with E-state index in [1.165, 1.54) is 5.56 Å². The number of aryl methyl sites for hydroxylation is 1. The molecular weight excluding hydrogens is 192 g/mol. The first-order chi connectivity index (χ1) is 7.00. The molecular formula is C10H18N4O. The lowest BCUT2D eigenvalue weighted by atomic mass is 10.1. The summed E-state index contributed by atoms with van der Waals surface area (Å²) in [6.45, 7) is 4.84. The number of amides is 1. The molecule has 1 aromatic heterocycles. The van der Waals surface area contributed by atoms with Crippen LogP contribution in [0.5, 0.6) is 0 Å². The van der Waals surface area contributed by atoms with Gasteiger partial charge in [-0.15, -0.1) is 0 Å². The van der Waals surface area contributed by atoms with Crippen LogP contribution < -0.4 is 11.5 Å². The SMILES string of the molecule is CC(C)c1cnn(CCC(N)C(N)=O)c1. The van der Waals surface area contributed by atoms with Crippen LogP contribution in [0.2, 0.25) is 0 Å². The van der Waals surface area contributed by atoms with E-state index in [4.69, 9.17) is 11.5 Å². The summed E-state index contributed by atoms with van der Waals surface area (Å²) in [6, 6.07) is -0.586. The Balaban J connectivity index is 2.47. The van der Waals surface area contributed by atoms with Crippen molar-refractivity contribution in [2.45, 2.75) is 38.8 Å². The monoisotopic (exact) mass is 210 g/mol. The van der Waals surface area contributed by atoms with E-state index in [9.17, 15) is 4.79 Å². The van der Waals surface area contributed by atoms with Gasteiger partial charge in [0.25, 0.3) is 0 Å². The van der Waals surface area contributed by atoms with Crippen LogP contribution in [0, 0.1) is 0 Å². The van der Waals surface area contributed by atoms with Crippen LogP contribution in [0.4, 0.5) is 0 Å². The van der Waals surface area contributed by atoms with Crippen molar-refractivity contribution < 1.29 is 4.79 Å². The molecule has 4 N–H and O–H groups in total. The molecule has 0 saturated heterocycles. The van der Waals surface area contributed by atoms with Crippen molar-refractivity contribution in [3.63, 3.8) is 0 Å². The van der Waals surface area contributed by atoms with Crippen LogP contribution >= 0.6 is 0 Å². The van der Waals surface area contributed by atoms with Crippen molar-refractivity contribution in [1.29, 1.82) is 0 Å². The van der Waals surface area contributed by atoms with Crippen molar-refractivity contribution in [1.82, 2.24) is 9.78 Å².